The number of ether oxygens (including phenoxy) is 1. The molecule has 13 heteroatoms. The van der Waals surface area contributed by atoms with Gasteiger partial charge in [-0.05, 0) is 30.5 Å². The van der Waals surface area contributed by atoms with Crippen LogP contribution >= 0.6 is 0 Å². The first kappa shape index (κ1) is 27.1. The SMILES string of the molecule is CC(=O)N1C=C1C1CCN(c2cc(C)ccc2CN2CCN(C(=O)OC(C(F)(F)F)C(F)(F)F)CC2)C1. The molecule has 0 spiro atoms. The van der Waals surface area contributed by atoms with Crippen molar-refractivity contribution in [1.29, 1.82) is 0 Å². The molecule has 0 radical (unpaired) electrons. The highest BCUT2D eigenvalue weighted by molar-refractivity contribution is 5.80. The number of rotatable bonds is 5. The molecule has 3 aliphatic heterocycles. The van der Waals surface area contributed by atoms with Gasteiger partial charge in [-0.15, -0.1) is 0 Å². The molecule has 4 rings (SSSR count). The smallest absolute Gasteiger partial charge is 0.426 e. The Kier molecular flexibility index (Phi) is 7.37. The van der Waals surface area contributed by atoms with E-state index in [0.29, 0.717) is 6.54 Å². The van der Waals surface area contributed by atoms with E-state index < -0.39 is 24.5 Å². The highest BCUT2D eigenvalue weighted by Crippen LogP contribution is 2.38. The Morgan fingerprint density at radius 1 is 1.03 bits per heavy atom. The first-order valence-electron chi connectivity index (χ1n) is 11.9. The van der Waals surface area contributed by atoms with Crippen LogP contribution in [0.2, 0.25) is 0 Å². The largest absolute Gasteiger partial charge is 0.434 e. The number of anilines is 1. The van der Waals surface area contributed by atoms with Crippen molar-refractivity contribution in [1.82, 2.24) is 14.7 Å². The fourth-order valence-corrected chi connectivity index (χ4v) is 4.82. The van der Waals surface area contributed by atoms with Gasteiger partial charge in [0.2, 0.25) is 5.91 Å². The first-order valence-corrected chi connectivity index (χ1v) is 11.9. The maximum Gasteiger partial charge on any atom is 0.434 e. The molecule has 0 bridgehead atoms. The van der Waals surface area contributed by atoms with Crippen LogP contribution < -0.4 is 4.90 Å². The highest BCUT2D eigenvalue weighted by atomic mass is 19.4. The summed E-state index contributed by atoms with van der Waals surface area (Å²) in [6.45, 7) is 6.06. The Labute approximate surface area is 210 Å². The molecule has 1 unspecified atom stereocenters. The van der Waals surface area contributed by atoms with E-state index in [1.165, 1.54) is 6.92 Å². The molecule has 1 aromatic carbocycles. The Bertz CT molecular complexity index is 1050. The van der Waals surface area contributed by atoms with Crippen molar-refractivity contribution < 1.29 is 40.7 Å². The fourth-order valence-electron chi connectivity index (χ4n) is 4.82. The molecule has 2 fully saturated rings. The summed E-state index contributed by atoms with van der Waals surface area (Å²) < 4.78 is 80.1. The normalized spacial score (nSPS) is 20.9. The number of halogens is 6. The molecule has 37 heavy (non-hydrogen) atoms. The zero-order chi connectivity index (χ0) is 27.1. The van der Waals surface area contributed by atoms with E-state index in [2.05, 4.69) is 15.7 Å². The minimum absolute atomic E-state index is 0.0000478. The average Bonchev–Trinajstić information content (AvgIpc) is 3.47. The fraction of sp³-hybridized carbons (Fsp3) is 0.583. The number of hydrogen-bond donors (Lipinski definition) is 0. The second kappa shape index (κ2) is 10.1. The second-order valence-electron chi connectivity index (χ2n) is 9.62. The zero-order valence-corrected chi connectivity index (χ0v) is 20.4. The lowest BCUT2D eigenvalue weighted by Gasteiger charge is -2.36. The molecule has 3 heterocycles. The Morgan fingerprint density at radius 3 is 2.24 bits per heavy atom. The van der Waals surface area contributed by atoms with Gasteiger partial charge in [-0.25, -0.2) is 4.79 Å². The predicted molar refractivity (Wildman–Crippen MR) is 121 cm³/mol. The number of benzene rings is 1. The monoisotopic (exact) mass is 534 g/mol. The Morgan fingerprint density at radius 2 is 1.68 bits per heavy atom. The summed E-state index contributed by atoms with van der Waals surface area (Å²) in [5.41, 5.74) is 4.21. The molecule has 1 aromatic rings. The van der Waals surface area contributed by atoms with Crippen LogP contribution in [0.3, 0.4) is 0 Å². The van der Waals surface area contributed by atoms with Gasteiger partial charge in [0.1, 0.15) is 0 Å². The van der Waals surface area contributed by atoms with Crippen molar-refractivity contribution in [3.05, 3.63) is 41.2 Å². The molecule has 0 aromatic heterocycles. The summed E-state index contributed by atoms with van der Waals surface area (Å²) in [6, 6.07) is 6.08. The molecule has 3 aliphatic rings. The van der Waals surface area contributed by atoms with Gasteiger partial charge < -0.3 is 14.5 Å². The Balaban J connectivity index is 1.34. The van der Waals surface area contributed by atoms with Crippen molar-refractivity contribution >= 4 is 17.7 Å². The molecule has 0 saturated carbocycles. The van der Waals surface area contributed by atoms with Crippen LogP contribution in [0.25, 0.3) is 0 Å². The van der Waals surface area contributed by atoms with E-state index >= 15 is 0 Å². The van der Waals surface area contributed by atoms with E-state index in [9.17, 15) is 35.9 Å². The quantitative estimate of drug-likeness (QED) is 0.529. The maximum atomic E-state index is 12.7. The topological polar surface area (TPSA) is 56.1 Å². The Hall–Kier alpha value is -2.96. The van der Waals surface area contributed by atoms with Crippen LogP contribution in [-0.4, -0.2) is 84.4 Å². The van der Waals surface area contributed by atoms with Gasteiger partial charge in [0.25, 0.3) is 6.10 Å². The summed E-state index contributed by atoms with van der Waals surface area (Å²) in [4.78, 5) is 30.4. The van der Waals surface area contributed by atoms with Gasteiger partial charge in [-0.3, -0.25) is 14.6 Å². The lowest BCUT2D eigenvalue weighted by Crippen LogP contribution is -2.52. The maximum absolute atomic E-state index is 12.7. The molecular weight excluding hydrogens is 506 g/mol. The third-order valence-electron chi connectivity index (χ3n) is 6.84. The van der Waals surface area contributed by atoms with Crippen molar-refractivity contribution in [3.8, 4) is 0 Å². The molecule has 2 saturated heterocycles. The third-order valence-corrected chi connectivity index (χ3v) is 6.84. The third kappa shape index (κ3) is 6.31. The van der Waals surface area contributed by atoms with Gasteiger partial charge in [-0.1, -0.05) is 12.1 Å². The summed E-state index contributed by atoms with van der Waals surface area (Å²) in [5.74, 6) is 0.268. The van der Waals surface area contributed by atoms with E-state index in [0.717, 1.165) is 46.9 Å². The van der Waals surface area contributed by atoms with Crippen molar-refractivity contribution in [3.63, 3.8) is 0 Å². The molecule has 0 N–H and O–H groups in total. The van der Waals surface area contributed by atoms with Crippen molar-refractivity contribution in [2.24, 2.45) is 5.92 Å². The number of aryl methyl sites for hydroxylation is 1. The number of amides is 2. The molecular formula is C24H28F6N4O3. The van der Waals surface area contributed by atoms with Gasteiger partial charge in [0.05, 0.1) is 0 Å². The second-order valence-corrected chi connectivity index (χ2v) is 9.62. The van der Waals surface area contributed by atoms with Crippen LogP contribution in [0.15, 0.2) is 30.1 Å². The van der Waals surface area contributed by atoms with E-state index in [1.807, 2.05) is 30.2 Å². The standard InChI is InChI=1S/C24H28F6N4O3/c1-15-3-4-17(19(11-15)33-6-5-18(13-33)20-14-34(20)16(2)35)12-31-7-9-32(10-8-31)22(36)37-21(23(25,26)27)24(28,29)30/h3-4,11,14,18,21H,5-10,12-13H2,1-2H3. The minimum atomic E-state index is -5.74. The molecule has 0 aliphatic carbocycles. The minimum Gasteiger partial charge on any atom is -0.426 e. The lowest BCUT2D eigenvalue weighted by molar-refractivity contribution is -0.308. The van der Waals surface area contributed by atoms with Crippen LogP contribution in [0.5, 0.6) is 0 Å². The average molecular weight is 535 g/mol. The number of piperazine rings is 1. The summed E-state index contributed by atoms with van der Waals surface area (Å²) in [6.07, 6.45) is -14.5. The summed E-state index contributed by atoms with van der Waals surface area (Å²) in [5, 5.41) is 0. The number of alkyl halides is 6. The first-order chi connectivity index (χ1) is 17.2. The predicted octanol–water partition coefficient (Wildman–Crippen LogP) is 4.27. The lowest BCUT2D eigenvalue weighted by atomic mass is 10.1. The van der Waals surface area contributed by atoms with Crippen LogP contribution in [0.4, 0.5) is 36.8 Å². The van der Waals surface area contributed by atoms with E-state index in [4.69, 9.17) is 0 Å². The highest BCUT2D eigenvalue weighted by Gasteiger charge is 2.60. The van der Waals surface area contributed by atoms with Crippen LogP contribution in [0.1, 0.15) is 24.5 Å². The molecule has 1 atom stereocenters. The van der Waals surface area contributed by atoms with E-state index in [1.54, 1.807) is 4.90 Å². The summed E-state index contributed by atoms with van der Waals surface area (Å²) >= 11 is 0. The van der Waals surface area contributed by atoms with Gasteiger partial charge in [-0.2, -0.15) is 26.3 Å². The zero-order valence-electron chi connectivity index (χ0n) is 20.4. The van der Waals surface area contributed by atoms with Gasteiger partial charge >= 0.3 is 18.4 Å². The van der Waals surface area contributed by atoms with Gasteiger partial charge in [0, 0.05) is 76.2 Å². The van der Waals surface area contributed by atoms with Crippen LogP contribution in [0, 0.1) is 12.8 Å². The number of hydrogen-bond acceptors (Lipinski definition) is 5. The molecule has 204 valence electrons. The van der Waals surface area contributed by atoms with Gasteiger partial charge in [0.15, 0.2) is 0 Å². The number of carbonyl (C=O) groups excluding carboxylic acids is 2. The number of nitrogens with zero attached hydrogens (tertiary/aromatic N) is 4. The number of carbonyl (C=O) groups is 2. The van der Waals surface area contributed by atoms with E-state index in [-0.39, 0.29) is 38.0 Å². The van der Waals surface area contributed by atoms with Crippen LogP contribution in [-0.2, 0) is 16.1 Å². The summed E-state index contributed by atoms with van der Waals surface area (Å²) in [7, 11) is 0. The van der Waals surface area contributed by atoms with Crippen molar-refractivity contribution in [2.45, 2.75) is 45.3 Å². The molecule has 7 nitrogen and oxygen atoms in total. The molecule has 2 amide bonds. The van der Waals surface area contributed by atoms with Crippen molar-refractivity contribution in [2.75, 3.05) is 44.2 Å².